The van der Waals surface area contributed by atoms with E-state index in [9.17, 15) is 38.4 Å². The SMILES string of the molecule is COc1ccc2c(c1)C(=O)N(C[C@@]1(c3cc4nc(C(=O)NCCN(C)C)ccc4o3)NC(=O)NC1=O)C2.COc1ccc2c(c1)C(=O)N(C[C@@]1(c3cc4nc(C(C)=O)ccc4o3)NC(=O)NC1=O)C2. The number of methoxy groups -OCH3 is 2. The molecule has 2 saturated heterocycles. The molecule has 69 heavy (non-hydrogen) atoms. The highest BCUT2D eigenvalue weighted by Crippen LogP contribution is 2.37. The Bertz CT molecular complexity index is 3180. The van der Waals surface area contributed by atoms with Crippen molar-refractivity contribution in [2.75, 3.05) is 54.5 Å². The van der Waals surface area contributed by atoms with Gasteiger partial charge in [-0.2, -0.15) is 0 Å². The zero-order valence-electron chi connectivity index (χ0n) is 37.8. The number of pyridine rings is 2. The molecule has 2 aromatic carbocycles. The number of hydrogen-bond donors (Lipinski definition) is 5. The molecule has 6 aromatic rings. The van der Waals surface area contributed by atoms with Gasteiger partial charge in [-0.1, -0.05) is 12.1 Å². The fourth-order valence-electron chi connectivity index (χ4n) is 8.55. The average molecular weight is 941 g/mol. The molecule has 0 saturated carbocycles. The lowest BCUT2D eigenvalue weighted by Gasteiger charge is -2.28. The first kappa shape index (κ1) is 45.5. The van der Waals surface area contributed by atoms with Crippen molar-refractivity contribution in [3.05, 3.63) is 118 Å². The molecule has 0 unspecified atom stereocenters. The number of benzene rings is 2. The number of ether oxygens (including phenoxy) is 2. The van der Waals surface area contributed by atoms with Gasteiger partial charge in [-0.15, -0.1) is 0 Å². The number of rotatable bonds is 13. The van der Waals surface area contributed by atoms with Gasteiger partial charge >= 0.3 is 12.1 Å². The van der Waals surface area contributed by atoms with Crippen molar-refractivity contribution >= 4 is 69.6 Å². The van der Waals surface area contributed by atoms with Crippen LogP contribution in [-0.2, 0) is 33.8 Å². The van der Waals surface area contributed by atoms with Crippen LogP contribution >= 0.6 is 0 Å². The van der Waals surface area contributed by atoms with Gasteiger partial charge in [0.25, 0.3) is 29.5 Å². The number of amides is 9. The summed E-state index contributed by atoms with van der Waals surface area (Å²) < 4.78 is 22.2. The molecule has 0 bridgehead atoms. The van der Waals surface area contributed by atoms with E-state index in [4.69, 9.17) is 18.3 Å². The minimum atomic E-state index is -1.67. The Morgan fingerprint density at radius 2 is 1.14 bits per heavy atom. The number of imide groups is 2. The van der Waals surface area contributed by atoms with Gasteiger partial charge in [-0.05, 0) is 73.8 Å². The molecule has 22 heteroatoms. The van der Waals surface area contributed by atoms with Crippen molar-refractivity contribution in [1.82, 2.24) is 51.3 Å². The highest BCUT2D eigenvalue weighted by molar-refractivity contribution is 6.09. The summed E-state index contributed by atoms with van der Waals surface area (Å²) in [4.78, 5) is 114. The number of hydrogen-bond acceptors (Lipinski definition) is 15. The third-order valence-electron chi connectivity index (χ3n) is 12.2. The van der Waals surface area contributed by atoms with Crippen LogP contribution in [0.15, 0.2) is 81.6 Å². The van der Waals surface area contributed by atoms with E-state index in [0.717, 1.165) is 11.1 Å². The number of nitrogens with zero attached hydrogens (tertiary/aromatic N) is 5. The summed E-state index contributed by atoms with van der Waals surface area (Å²) in [6.45, 7) is 2.71. The minimum absolute atomic E-state index is 0.102. The number of nitrogens with one attached hydrogen (secondary N) is 5. The van der Waals surface area contributed by atoms with Gasteiger partial charge in [0.15, 0.2) is 28.0 Å². The number of urea groups is 2. The van der Waals surface area contributed by atoms with Gasteiger partial charge in [0.2, 0.25) is 0 Å². The quantitative estimate of drug-likeness (QED) is 0.0822. The van der Waals surface area contributed by atoms with Crippen LogP contribution < -0.4 is 36.1 Å². The van der Waals surface area contributed by atoms with E-state index in [1.54, 1.807) is 48.5 Å². The Morgan fingerprint density at radius 3 is 1.57 bits per heavy atom. The largest absolute Gasteiger partial charge is 0.497 e. The maximum Gasteiger partial charge on any atom is 0.322 e. The second kappa shape index (κ2) is 17.5. The summed E-state index contributed by atoms with van der Waals surface area (Å²) in [5.74, 6) is -1.14. The summed E-state index contributed by atoms with van der Waals surface area (Å²) in [5.41, 5.74) is 1.000. The molecule has 10 rings (SSSR count). The lowest BCUT2D eigenvalue weighted by atomic mass is 9.95. The van der Waals surface area contributed by atoms with E-state index < -0.39 is 35.0 Å². The fourth-order valence-corrected chi connectivity index (χ4v) is 8.55. The summed E-state index contributed by atoms with van der Waals surface area (Å²) in [5, 5.41) is 12.5. The molecule has 0 spiro atoms. The van der Waals surface area contributed by atoms with Gasteiger partial charge in [0.1, 0.15) is 45.4 Å². The summed E-state index contributed by atoms with van der Waals surface area (Å²) in [6.07, 6.45) is 0. The Morgan fingerprint density at radius 1 is 0.681 bits per heavy atom. The first-order chi connectivity index (χ1) is 33.0. The van der Waals surface area contributed by atoms with E-state index in [1.165, 1.54) is 55.2 Å². The molecule has 354 valence electrons. The molecular weight excluding hydrogens is 897 g/mol. The number of fused-ring (bicyclic) bond motifs is 4. The van der Waals surface area contributed by atoms with Crippen LogP contribution in [0.25, 0.3) is 22.2 Å². The van der Waals surface area contributed by atoms with Crippen molar-refractivity contribution in [3.8, 4) is 11.5 Å². The smallest absolute Gasteiger partial charge is 0.322 e. The predicted molar refractivity (Wildman–Crippen MR) is 241 cm³/mol. The lowest BCUT2D eigenvalue weighted by Crippen LogP contribution is -2.52. The van der Waals surface area contributed by atoms with Crippen molar-refractivity contribution in [3.63, 3.8) is 0 Å². The highest BCUT2D eigenvalue weighted by atomic mass is 16.5. The van der Waals surface area contributed by atoms with E-state index in [1.807, 2.05) is 19.0 Å². The van der Waals surface area contributed by atoms with Crippen LogP contribution in [0.3, 0.4) is 0 Å². The highest BCUT2D eigenvalue weighted by Gasteiger charge is 2.54. The van der Waals surface area contributed by atoms with Crippen molar-refractivity contribution in [2.24, 2.45) is 0 Å². The van der Waals surface area contributed by atoms with E-state index in [2.05, 4.69) is 36.6 Å². The standard InChI is InChI=1S/C25H26N6O6.C22H18N4O6/c1-30(2)9-8-26-21(32)17-6-7-19-18(27-17)11-20(37-19)25(23(34)28-24(35)29-25)13-31-12-14-4-5-15(36-3)10-16(14)22(31)33;1-11(27)15-5-6-17-16(23-15)8-18(32-17)22(20(29)24-21(30)25-22)10-26-9-12-3-4-13(31-2)7-14(12)19(26)28/h4-7,10-11H,8-9,12-13H2,1-3H3,(H,26,32)(H2,28,29,34,35);3-8H,9-10H2,1-2H3,(H2,24,25,29,30)/t25-;22-/m00/s1. The Hall–Kier alpha value is -8.66. The Balaban J connectivity index is 0.000000174. The lowest BCUT2D eigenvalue weighted by molar-refractivity contribution is -0.126. The summed E-state index contributed by atoms with van der Waals surface area (Å²) in [7, 11) is 6.84. The second-order valence-corrected chi connectivity index (χ2v) is 17.0. The molecule has 8 heterocycles. The predicted octanol–water partition coefficient (Wildman–Crippen LogP) is 2.55. The van der Waals surface area contributed by atoms with E-state index in [0.29, 0.717) is 57.9 Å². The van der Waals surface area contributed by atoms with Gasteiger partial charge in [0, 0.05) is 56.4 Å². The van der Waals surface area contributed by atoms with Crippen LogP contribution in [0.4, 0.5) is 9.59 Å². The van der Waals surface area contributed by atoms with Crippen LogP contribution in [0.5, 0.6) is 11.5 Å². The third kappa shape index (κ3) is 8.30. The number of carbonyl (C=O) groups excluding carboxylic acids is 8. The summed E-state index contributed by atoms with van der Waals surface area (Å²) >= 11 is 0. The maximum atomic E-state index is 13.2. The number of carbonyl (C=O) groups is 8. The number of aromatic nitrogens is 2. The van der Waals surface area contributed by atoms with Crippen LogP contribution in [0.1, 0.15) is 71.3 Å². The molecular formula is C47H44N10O12. The number of furan rings is 2. The fraction of sp³-hybridized carbons (Fsp3) is 0.277. The molecule has 2 atom stereocenters. The van der Waals surface area contributed by atoms with Crippen LogP contribution in [-0.4, -0.2) is 127 Å². The molecule has 4 aliphatic rings. The molecule has 4 aliphatic heterocycles. The number of Topliss-reactive ketones (excluding diaryl/α,β-unsaturated/α-hetero) is 1. The third-order valence-corrected chi connectivity index (χ3v) is 12.2. The van der Waals surface area contributed by atoms with Gasteiger partial charge < -0.3 is 49.0 Å². The van der Waals surface area contributed by atoms with Crippen molar-refractivity contribution < 1.29 is 56.7 Å². The van der Waals surface area contributed by atoms with E-state index >= 15 is 0 Å². The average Bonchev–Trinajstić information content (AvgIpc) is 4.18. The molecule has 22 nitrogen and oxygen atoms in total. The topological polar surface area (TPSA) is 277 Å². The molecule has 0 aliphatic carbocycles. The van der Waals surface area contributed by atoms with Gasteiger partial charge in [-0.25, -0.2) is 19.6 Å². The Labute approximate surface area is 391 Å². The van der Waals surface area contributed by atoms with Crippen molar-refractivity contribution in [1.29, 1.82) is 0 Å². The summed E-state index contributed by atoms with van der Waals surface area (Å²) in [6, 6.07) is 18.2. The molecule has 0 radical (unpaired) electrons. The molecule has 4 aromatic heterocycles. The monoisotopic (exact) mass is 940 g/mol. The van der Waals surface area contributed by atoms with Crippen molar-refractivity contribution in [2.45, 2.75) is 31.1 Å². The first-order valence-electron chi connectivity index (χ1n) is 21.5. The number of likely N-dealkylation sites (N-methyl/N-ethyl adjacent to an activating group) is 1. The normalized spacial score (nSPS) is 19.3. The zero-order chi connectivity index (χ0) is 48.9. The van der Waals surface area contributed by atoms with Crippen LogP contribution in [0, 0.1) is 0 Å². The van der Waals surface area contributed by atoms with E-state index in [-0.39, 0.29) is 72.6 Å². The number of ketones is 1. The second-order valence-electron chi connectivity index (χ2n) is 17.0. The zero-order valence-corrected chi connectivity index (χ0v) is 37.8. The van der Waals surface area contributed by atoms with Gasteiger partial charge in [-0.3, -0.25) is 39.4 Å². The Kier molecular flexibility index (Phi) is 11.6. The molecule has 9 amide bonds. The minimum Gasteiger partial charge on any atom is -0.497 e. The molecule has 5 N–H and O–H groups in total. The van der Waals surface area contributed by atoms with Gasteiger partial charge in [0.05, 0.1) is 27.3 Å². The van der Waals surface area contributed by atoms with Crippen LogP contribution in [0.2, 0.25) is 0 Å². The first-order valence-corrected chi connectivity index (χ1v) is 21.5. The maximum absolute atomic E-state index is 13.2. The molecule has 2 fully saturated rings.